The fourth-order valence-electron chi connectivity index (χ4n) is 1.09. The molecule has 2 rings (SSSR count). The highest BCUT2D eigenvalue weighted by Crippen LogP contribution is 2.00. The molecule has 2 N–H and O–H groups in total. The largest absolute Gasteiger partial charge is 0.330 e. The first-order chi connectivity index (χ1) is 5.92. The third-order valence-electron chi connectivity index (χ3n) is 1.65. The van der Waals surface area contributed by atoms with Gasteiger partial charge < -0.3 is 5.73 Å². The predicted octanol–water partition coefficient (Wildman–Crippen LogP) is -0.375. The molecule has 0 spiro atoms. The molecule has 0 bridgehead atoms. The minimum Gasteiger partial charge on any atom is -0.330 e. The maximum atomic E-state index is 5.41. The molecule has 0 aliphatic rings. The Morgan fingerprint density at radius 1 is 1.42 bits per heavy atom. The van der Waals surface area contributed by atoms with E-state index in [4.69, 9.17) is 5.73 Å². The van der Waals surface area contributed by atoms with Crippen molar-refractivity contribution in [2.45, 2.75) is 6.42 Å². The zero-order valence-corrected chi connectivity index (χ0v) is 6.51. The Labute approximate surface area is 69.2 Å². The summed E-state index contributed by atoms with van der Waals surface area (Å²) >= 11 is 0. The molecule has 0 aliphatic heterocycles. The van der Waals surface area contributed by atoms with E-state index in [1.54, 1.807) is 12.5 Å². The van der Waals surface area contributed by atoms with Crippen molar-refractivity contribution >= 4 is 5.65 Å². The van der Waals surface area contributed by atoms with Crippen molar-refractivity contribution in [1.82, 2.24) is 19.6 Å². The van der Waals surface area contributed by atoms with Crippen LogP contribution in [-0.2, 0) is 6.42 Å². The minimum atomic E-state index is 0.579. The Balaban J connectivity index is 2.55. The first kappa shape index (κ1) is 7.17. The van der Waals surface area contributed by atoms with Crippen LogP contribution in [0.5, 0.6) is 0 Å². The molecule has 5 heteroatoms. The first-order valence-corrected chi connectivity index (χ1v) is 3.75. The molecule has 0 fully saturated rings. The fourth-order valence-corrected chi connectivity index (χ4v) is 1.09. The molecule has 12 heavy (non-hydrogen) atoms. The molecular weight excluding hydrogens is 154 g/mol. The van der Waals surface area contributed by atoms with E-state index in [9.17, 15) is 0 Å². The lowest BCUT2D eigenvalue weighted by Gasteiger charge is -1.94. The van der Waals surface area contributed by atoms with Crippen molar-refractivity contribution in [3.05, 3.63) is 24.4 Å². The van der Waals surface area contributed by atoms with E-state index >= 15 is 0 Å². The lowest BCUT2D eigenvalue weighted by atomic mass is 10.4. The van der Waals surface area contributed by atoms with E-state index in [-0.39, 0.29) is 0 Å². The molecule has 0 amide bonds. The molecule has 5 nitrogen and oxygen atoms in total. The van der Waals surface area contributed by atoms with Crippen LogP contribution in [0.25, 0.3) is 5.65 Å². The molecule has 0 unspecified atom stereocenters. The quantitative estimate of drug-likeness (QED) is 0.655. The Morgan fingerprint density at radius 3 is 3.17 bits per heavy atom. The third-order valence-corrected chi connectivity index (χ3v) is 1.65. The third kappa shape index (κ3) is 1.04. The van der Waals surface area contributed by atoms with Crippen LogP contribution in [-0.4, -0.2) is 26.1 Å². The van der Waals surface area contributed by atoms with Crippen molar-refractivity contribution in [3.63, 3.8) is 0 Å². The second-order valence-corrected chi connectivity index (χ2v) is 2.46. The number of rotatable bonds is 2. The van der Waals surface area contributed by atoms with Crippen molar-refractivity contribution < 1.29 is 0 Å². The highest BCUT2D eigenvalue weighted by Gasteiger charge is 2.01. The SMILES string of the molecule is NCCc1nnc2ccncn12. The zero-order valence-electron chi connectivity index (χ0n) is 6.51. The van der Waals surface area contributed by atoms with Crippen molar-refractivity contribution in [1.29, 1.82) is 0 Å². The Morgan fingerprint density at radius 2 is 2.33 bits per heavy atom. The second-order valence-electron chi connectivity index (χ2n) is 2.46. The highest BCUT2D eigenvalue weighted by molar-refractivity contribution is 5.35. The molecule has 62 valence electrons. The lowest BCUT2D eigenvalue weighted by Crippen LogP contribution is -2.06. The summed E-state index contributed by atoms with van der Waals surface area (Å²) in [6, 6.07) is 1.81. The normalized spacial score (nSPS) is 10.8. The summed E-state index contributed by atoms with van der Waals surface area (Å²) in [4.78, 5) is 3.97. The van der Waals surface area contributed by atoms with E-state index in [2.05, 4.69) is 15.2 Å². The maximum Gasteiger partial charge on any atom is 0.163 e. The van der Waals surface area contributed by atoms with Gasteiger partial charge >= 0.3 is 0 Å². The maximum absolute atomic E-state index is 5.41. The van der Waals surface area contributed by atoms with Crippen LogP contribution in [0.2, 0.25) is 0 Å². The molecule has 0 saturated carbocycles. The van der Waals surface area contributed by atoms with Crippen LogP contribution in [0.1, 0.15) is 5.82 Å². The van der Waals surface area contributed by atoms with Gasteiger partial charge in [-0.1, -0.05) is 0 Å². The monoisotopic (exact) mass is 163 g/mol. The number of nitrogens with two attached hydrogens (primary N) is 1. The van der Waals surface area contributed by atoms with Crippen molar-refractivity contribution in [2.75, 3.05) is 6.54 Å². The van der Waals surface area contributed by atoms with Crippen molar-refractivity contribution in [3.8, 4) is 0 Å². The number of hydrogen-bond donors (Lipinski definition) is 1. The summed E-state index contributed by atoms with van der Waals surface area (Å²) in [7, 11) is 0. The lowest BCUT2D eigenvalue weighted by molar-refractivity contribution is 0.840. The van der Waals surface area contributed by atoms with Crippen LogP contribution in [0.15, 0.2) is 18.6 Å². The fraction of sp³-hybridized carbons (Fsp3) is 0.286. The standard InChI is InChI=1S/C7H9N5/c8-3-1-6-10-11-7-2-4-9-5-12(6)7/h2,4-5H,1,3,8H2. The Kier molecular flexibility index (Phi) is 1.71. The van der Waals surface area contributed by atoms with E-state index in [0.717, 1.165) is 17.9 Å². The molecule has 0 aromatic carbocycles. The van der Waals surface area contributed by atoms with E-state index in [1.807, 2.05) is 10.5 Å². The van der Waals surface area contributed by atoms with Crippen molar-refractivity contribution in [2.24, 2.45) is 5.73 Å². The zero-order chi connectivity index (χ0) is 8.39. The Hall–Kier alpha value is -1.49. The van der Waals surface area contributed by atoms with Crippen LogP contribution in [0, 0.1) is 0 Å². The summed E-state index contributed by atoms with van der Waals surface area (Å²) in [5.74, 6) is 0.862. The highest BCUT2D eigenvalue weighted by atomic mass is 15.3. The van der Waals surface area contributed by atoms with Gasteiger partial charge in [0.15, 0.2) is 5.65 Å². The molecule has 2 heterocycles. The number of aromatic nitrogens is 4. The van der Waals surface area contributed by atoms with Gasteiger partial charge in [-0.3, -0.25) is 4.40 Å². The average Bonchev–Trinajstić information content (AvgIpc) is 2.50. The number of hydrogen-bond acceptors (Lipinski definition) is 4. The van der Waals surface area contributed by atoms with Gasteiger partial charge in [0.25, 0.3) is 0 Å². The van der Waals surface area contributed by atoms with Crippen LogP contribution in [0.4, 0.5) is 0 Å². The van der Waals surface area contributed by atoms with Crippen LogP contribution >= 0.6 is 0 Å². The minimum absolute atomic E-state index is 0.579. The average molecular weight is 163 g/mol. The van der Waals surface area contributed by atoms with E-state index < -0.39 is 0 Å². The van der Waals surface area contributed by atoms with E-state index in [1.165, 1.54) is 0 Å². The van der Waals surface area contributed by atoms with Gasteiger partial charge in [0.1, 0.15) is 12.2 Å². The molecule has 2 aromatic heterocycles. The van der Waals surface area contributed by atoms with Crippen LogP contribution in [0.3, 0.4) is 0 Å². The van der Waals surface area contributed by atoms with Crippen LogP contribution < -0.4 is 5.73 Å². The van der Waals surface area contributed by atoms with E-state index in [0.29, 0.717) is 6.54 Å². The summed E-state index contributed by atoms with van der Waals surface area (Å²) in [6.07, 6.45) is 4.11. The molecule has 0 aliphatic carbocycles. The van der Waals surface area contributed by atoms with Gasteiger partial charge in [0.2, 0.25) is 0 Å². The first-order valence-electron chi connectivity index (χ1n) is 3.75. The molecular formula is C7H9N5. The molecule has 0 radical (unpaired) electrons. The smallest absolute Gasteiger partial charge is 0.163 e. The molecule has 0 atom stereocenters. The summed E-state index contributed by atoms with van der Waals surface area (Å²) < 4.78 is 1.84. The topological polar surface area (TPSA) is 69.1 Å². The van der Waals surface area contributed by atoms with Gasteiger partial charge in [0.05, 0.1) is 0 Å². The summed E-state index contributed by atoms with van der Waals surface area (Å²) in [5.41, 5.74) is 6.22. The number of nitrogens with zero attached hydrogens (tertiary/aromatic N) is 4. The van der Waals surface area contributed by atoms with Gasteiger partial charge in [-0.25, -0.2) is 4.98 Å². The van der Waals surface area contributed by atoms with Gasteiger partial charge in [-0.05, 0) is 6.54 Å². The van der Waals surface area contributed by atoms with Gasteiger partial charge in [-0.2, -0.15) is 0 Å². The molecule has 0 saturated heterocycles. The number of fused-ring (bicyclic) bond motifs is 1. The van der Waals surface area contributed by atoms with Gasteiger partial charge in [0, 0.05) is 18.7 Å². The second kappa shape index (κ2) is 2.86. The molecule has 2 aromatic rings. The predicted molar refractivity (Wildman–Crippen MR) is 43.5 cm³/mol. The summed E-state index contributed by atoms with van der Waals surface area (Å²) in [5, 5.41) is 7.93. The Bertz CT molecular complexity index is 380. The summed E-state index contributed by atoms with van der Waals surface area (Å²) in [6.45, 7) is 0.579. The van der Waals surface area contributed by atoms with Gasteiger partial charge in [-0.15, -0.1) is 10.2 Å².